The van der Waals surface area contributed by atoms with Crippen molar-refractivity contribution in [3.05, 3.63) is 24.5 Å². The van der Waals surface area contributed by atoms with Crippen LogP contribution >= 0.6 is 11.8 Å². The molecule has 0 aliphatic heterocycles. The Labute approximate surface area is 168 Å². The topological polar surface area (TPSA) is 102 Å². The molecule has 2 atom stereocenters. The fourth-order valence-corrected chi connectivity index (χ4v) is 4.23. The molecule has 0 radical (unpaired) electrons. The number of hydrogen-bond donors (Lipinski definition) is 2. The number of nitrogens with one attached hydrogen (secondary N) is 2. The van der Waals surface area contributed by atoms with E-state index in [1.165, 1.54) is 18.2 Å². The molecule has 0 saturated heterocycles. The third-order valence-corrected chi connectivity index (χ3v) is 5.95. The van der Waals surface area contributed by atoms with Crippen LogP contribution in [-0.4, -0.2) is 43.5 Å². The smallest absolute Gasteiger partial charge is 0.321 e. The number of aromatic nitrogens is 4. The number of carbonyl (C=O) groups is 2. The highest BCUT2D eigenvalue weighted by Gasteiger charge is 2.23. The summed E-state index contributed by atoms with van der Waals surface area (Å²) in [6, 6.07) is 3.46. The molecule has 3 rings (SSSR count). The highest BCUT2D eigenvalue weighted by atomic mass is 32.2. The van der Waals surface area contributed by atoms with Crippen LogP contribution in [0.15, 0.2) is 29.7 Å². The molecule has 2 aromatic rings. The average molecular weight is 403 g/mol. The van der Waals surface area contributed by atoms with Gasteiger partial charge in [0, 0.05) is 30.5 Å². The number of amides is 3. The van der Waals surface area contributed by atoms with Gasteiger partial charge in [-0.2, -0.15) is 0 Å². The minimum absolute atomic E-state index is 0.0993. The van der Waals surface area contributed by atoms with Gasteiger partial charge in [0.05, 0.1) is 5.75 Å². The van der Waals surface area contributed by atoms with Gasteiger partial charge in [0.2, 0.25) is 5.91 Å². The predicted molar refractivity (Wildman–Crippen MR) is 108 cm³/mol. The second kappa shape index (κ2) is 9.68. The lowest BCUT2D eigenvalue weighted by Crippen LogP contribution is -2.48. The summed E-state index contributed by atoms with van der Waals surface area (Å²) in [5.74, 6) is 0.930. The number of thioether (sulfide) groups is 1. The van der Waals surface area contributed by atoms with Gasteiger partial charge in [-0.05, 0) is 37.8 Å². The van der Waals surface area contributed by atoms with Gasteiger partial charge in [-0.25, -0.2) is 4.79 Å². The van der Waals surface area contributed by atoms with Crippen LogP contribution in [0.4, 0.5) is 4.79 Å². The maximum atomic E-state index is 12.2. The monoisotopic (exact) mass is 402 g/mol. The fourth-order valence-electron chi connectivity index (χ4n) is 3.42. The predicted octanol–water partition coefficient (Wildman–Crippen LogP) is 2.86. The molecule has 0 bridgehead atoms. The SMILES string of the molecule is CCn1c(SCC(=O)NC(=O)N[C@@H]2CCCC[C@H]2C)nnc1-c1ccncc1. The van der Waals surface area contributed by atoms with Gasteiger partial charge in [-0.3, -0.25) is 15.1 Å². The first-order valence-electron chi connectivity index (χ1n) is 9.65. The Morgan fingerprint density at radius 3 is 2.68 bits per heavy atom. The van der Waals surface area contributed by atoms with Crippen LogP contribution in [0.1, 0.15) is 39.5 Å². The zero-order valence-electron chi connectivity index (χ0n) is 16.2. The summed E-state index contributed by atoms with van der Waals surface area (Å²) < 4.78 is 1.94. The van der Waals surface area contributed by atoms with Crippen LogP contribution in [0, 0.1) is 5.92 Å². The first-order chi connectivity index (χ1) is 13.6. The molecule has 2 aromatic heterocycles. The zero-order valence-corrected chi connectivity index (χ0v) is 17.0. The van der Waals surface area contributed by atoms with Crippen LogP contribution in [0.2, 0.25) is 0 Å². The maximum Gasteiger partial charge on any atom is 0.321 e. The summed E-state index contributed by atoms with van der Waals surface area (Å²) in [6.07, 6.45) is 7.81. The molecule has 1 aliphatic rings. The second-order valence-electron chi connectivity index (χ2n) is 6.96. The Hall–Kier alpha value is -2.42. The molecule has 8 nitrogen and oxygen atoms in total. The van der Waals surface area contributed by atoms with E-state index in [2.05, 4.69) is 32.7 Å². The van der Waals surface area contributed by atoms with Crippen LogP contribution in [0.25, 0.3) is 11.4 Å². The van der Waals surface area contributed by atoms with E-state index in [9.17, 15) is 9.59 Å². The number of imide groups is 1. The number of nitrogens with zero attached hydrogens (tertiary/aromatic N) is 4. The molecule has 2 N–H and O–H groups in total. The van der Waals surface area contributed by atoms with Crippen molar-refractivity contribution in [3.8, 4) is 11.4 Å². The van der Waals surface area contributed by atoms with Crippen molar-refractivity contribution in [2.24, 2.45) is 5.92 Å². The highest BCUT2D eigenvalue weighted by molar-refractivity contribution is 7.99. The molecule has 150 valence electrons. The Bertz CT molecular complexity index is 810. The van der Waals surface area contributed by atoms with Crippen LogP contribution in [0.5, 0.6) is 0 Å². The zero-order chi connectivity index (χ0) is 19.9. The van der Waals surface area contributed by atoms with Crippen molar-refractivity contribution in [3.63, 3.8) is 0 Å². The molecular weight excluding hydrogens is 376 g/mol. The normalized spacial score (nSPS) is 19.2. The van der Waals surface area contributed by atoms with Crippen molar-refractivity contribution < 1.29 is 9.59 Å². The standard InChI is InChI=1S/C19H26N6O2S/c1-3-25-17(14-8-10-20-11-9-14)23-24-19(25)28-12-16(26)22-18(27)21-15-7-5-4-6-13(15)2/h8-11,13,15H,3-7,12H2,1-2H3,(H2,21,22,26,27)/t13-,15-/m1/s1. The Morgan fingerprint density at radius 1 is 1.21 bits per heavy atom. The first kappa shape index (κ1) is 20.3. The molecular formula is C19H26N6O2S. The summed E-state index contributed by atoms with van der Waals surface area (Å²) in [5, 5.41) is 14.4. The molecule has 1 aliphatic carbocycles. The third-order valence-electron chi connectivity index (χ3n) is 4.98. The maximum absolute atomic E-state index is 12.2. The second-order valence-corrected chi connectivity index (χ2v) is 7.91. The lowest BCUT2D eigenvalue weighted by Gasteiger charge is -2.29. The molecule has 0 spiro atoms. The number of carbonyl (C=O) groups excluding carboxylic acids is 2. The number of urea groups is 1. The van der Waals surface area contributed by atoms with E-state index in [1.54, 1.807) is 12.4 Å². The number of pyridine rings is 1. The van der Waals surface area contributed by atoms with E-state index in [1.807, 2.05) is 23.6 Å². The van der Waals surface area contributed by atoms with Crippen molar-refractivity contribution >= 4 is 23.7 Å². The van der Waals surface area contributed by atoms with Gasteiger partial charge in [0.25, 0.3) is 0 Å². The fraction of sp³-hybridized carbons (Fsp3) is 0.526. The third kappa shape index (κ3) is 5.09. The van der Waals surface area contributed by atoms with E-state index >= 15 is 0 Å². The Morgan fingerprint density at radius 2 is 1.96 bits per heavy atom. The molecule has 0 aromatic carbocycles. The molecule has 1 saturated carbocycles. The summed E-state index contributed by atoms with van der Waals surface area (Å²) in [4.78, 5) is 28.3. The Balaban J connectivity index is 1.53. The molecule has 28 heavy (non-hydrogen) atoms. The van der Waals surface area contributed by atoms with Crippen molar-refractivity contribution in [1.82, 2.24) is 30.4 Å². The lowest BCUT2D eigenvalue weighted by atomic mass is 9.86. The van der Waals surface area contributed by atoms with Gasteiger partial charge >= 0.3 is 6.03 Å². The van der Waals surface area contributed by atoms with Gasteiger partial charge in [-0.15, -0.1) is 10.2 Å². The Kier molecular flexibility index (Phi) is 7.02. The van der Waals surface area contributed by atoms with E-state index < -0.39 is 6.03 Å². The molecule has 1 fully saturated rings. The largest absolute Gasteiger partial charge is 0.335 e. The van der Waals surface area contributed by atoms with Crippen molar-refractivity contribution in [2.45, 2.75) is 57.3 Å². The van der Waals surface area contributed by atoms with Crippen LogP contribution < -0.4 is 10.6 Å². The summed E-state index contributed by atoms with van der Waals surface area (Å²) in [5.41, 5.74) is 0.918. The lowest BCUT2D eigenvalue weighted by molar-refractivity contribution is -0.117. The van der Waals surface area contributed by atoms with Gasteiger partial charge in [-0.1, -0.05) is 31.5 Å². The van der Waals surface area contributed by atoms with E-state index in [0.29, 0.717) is 17.6 Å². The molecule has 0 unspecified atom stereocenters. The van der Waals surface area contributed by atoms with Gasteiger partial charge in [0.1, 0.15) is 0 Å². The van der Waals surface area contributed by atoms with Crippen LogP contribution in [-0.2, 0) is 11.3 Å². The molecule has 9 heteroatoms. The van der Waals surface area contributed by atoms with Gasteiger partial charge < -0.3 is 9.88 Å². The van der Waals surface area contributed by atoms with Crippen molar-refractivity contribution in [2.75, 3.05) is 5.75 Å². The van der Waals surface area contributed by atoms with E-state index in [0.717, 1.165) is 30.7 Å². The minimum atomic E-state index is -0.418. The highest BCUT2D eigenvalue weighted by Crippen LogP contribution is 2.24. The first-order valence-corrected chi connectivity index (χ1v) is 10.6. The summed E-state index contributed by atoms with van der Waals surface area (Å²) in [7, 11) is 0. The average Bonchev–Trinajstić information content (AvgIpc) is 3.11. The summed E-state index contributed by atoms with van der Waals surface area (Å²) in [6.45, 7) is 4.81. The van der Waals surface area contributed by atoms with Gasteiger partial charge in [0.15, 0.2) is 11.0 Å². The van der Waals surface area contributed by atoms with E-state index in [-0.39, 0.29) is 17.7 Å². The number of rotatable bonds is 6. The summed E-state index contributed by atoms with van der Waals surface area (Å²) >= 11 is 1.27. The minimum Gasteiger partial charge on any atom is -0.335 e. The molecule has 3 amide bonds. The van der Waals surface area contributed by atoms with Crippen molar-refractivity contribution in [1.29, 1.82) is 0 Å². The van der Waals surface area contributed by atoms with Crippen LogP contribution in [0.3, 0.4) is 0 Å². The van der Waals surface area contributed by atoms with E-state index in [4.69, 9.17) is 0 Å². The molecule has 2 heterocycles. The quantitative estimate of drug-likeness (QED) is 0.721. The number of hydrogen-bond acceptors (Lipinski definition) is 6.